The van der Waals surface area contributed by atoms with Gasteiger partial charge in [0, 0.05) is 13.1 Å². The summed E-state index contributed by atoms with van der Waals surface area (Å²) in [6.07, 6.45) is -3.59. The predicted octanol–water partition coefficient (Wildman–Crippen LogP) is 2.43. The second-order valence-electron chi connectivity index (χ2n) is 4.48. The van der Waals surface area contributed by atoms with E-state index in [-0.39, 0.29) is 6.54 Å². The Bertz CT molecular complexity index is 423. The Morgan fingerprint density at radius 3 is 2.74 bits per heavy atom. The van der Waals surface area contributed by atoms with Gasteiger partial charge in [0.1, 0.15) is 11.8 Å². The van der Waals surface area contributed by atoms with Gasteiger partial charge in [-0.15, -0.1) is 0 Å². The Morgan fingerprint density at radius 1 is 1.32 bits per heavy atom. The van der Waals surface area contributed by atoms with Crippen molar-refractivity contribution in [3.8, 4) is 5.75 Å². The number of anilines is 1. The fourth-order valence-electron chi connectivity index (χ4n) is 2.33. The standard InChI is InChI=1S/C13H17F3N2O/c1-19-11-6-3-2-5-10(11)18-8-4-7-17-9-12(18)13(14,15)16/h2-3,5-6,12,17H,4,7-9H2,1H3. The molecule has 0 spiro atoms. The highest BCUT2D eigenvalue weighted by atomic mass is 19.4. The van der Waals surface area contributed by atoms with Crippen LogP contribution < -0.4 is 15.0 Å². The third-order valence-corrected chi connectivity index (χ3v) is 3.24. The number of nitrogens with zero attached hydrogens (tertiary/aromatic N) is 1. The lowest BCUT2D eigenvalue weighted by Crippen LogP contribution is -2.50. The van der Waals surface area contributed by atoms with E-state index < -0.39 is 12.2 Å². The predicted molar refractivity (Wildman–Crippen MR) is 67.7 cm³/mol. The van der Waals surface area contributed by atoms with Crippen LogP contribution >= 0.6 is 0 Å². The lowest BCUT2D eigenvalue weighted by molar-refractivity contribution is -0.147. The van der Waals surface area contributed by atoms with Gasteiger partial charge in [-0.05, 0) is 25.1 Å². The van der Waals surface area contributed by atoms with Crippen LogP contribution in [-0.4, -0.2) is 39.0 Å². The molecule has 1 aliphatic heterocycles. The maximum absolute atomic E-state index is 13.2. The molecular formula is C13H17F3N2O. The van der Waals surface area contributed by atoms with Crippen LogP contribution in [0.15, 0.2) is 24.3 Å². The lowest BCUT2D eigenvalue weighted by atomic mass is 10.1. The van der Waals surface area contributed by atoms with Gasteiger partial charge in [-0.2, -0.15) is 13.2 Å². The molecule has 1 aliphatic rings. The van der Waals surface area contributed by atoms with Crippen LogP contribution in [0.4, 0.5) is 18.9 Å². The highest BCUT2D eigenvalue weighted by Gasteiger charge is 2.44. The molecular weight excluding hydrogens is 257 g/mol. The van der Waals surface area contributed by atoms with Gasteiger partial charge in [-0.25, -0.2) is 0 Å². The molecule has 1 unspecified atom stereocenters. The summed E-state index contributed by atoms with van der Waals surface area (Å²) in [6, 6.07) is 5.31. The summed E-state index contributed by atoms with van der Waals surface area (Å²) in [4.78, 5) is 1.39. The monoisotopic (exact) mass is 274 g/mol. The Kier molecular flexibility index (Phi) is 4.19. The summed E-state index contributed by atoms with van der Waals surface area (Å²) in [5, 5.41) is 2.84. The van der Waals surface area contributed by atoms with Crippen molar-refractivity contribution in [2.45, 2.75) is 18.6 Å². The van der Waals surface area contributed by atoms with Crippen LogP contribution in [0.1, 0.15) is 6.42 Å². The molecule has 1 aromatic carbocycles. The average Bonchev–Trinajstić information content (AvgIpc) is 2.63. The zero-order valence-corrected chi connectivity index (χ0v) is 10.7. The van der Waals surface area contributed by atoms with Crippen LogP contribution in [0.25, 0.3) is 0 Å². The number of hydrogen-bond acceptors (Lipinski definition) is 3. The number of rotatable bonds is 2. The molecule has 0 amide bonds. The number of methoxy groups -OCH3 is 1. The topological polar surface area (TPSA) is 24.5 Å². The van der Waals surface area contributed by atoms with Crippen LogP contribution in [0.2, 0.25) is 0 Å². The lowest BCUT2D eigenvalue weighted by Gasteiger charge is -2.33. The van der Waals surface area contributed by atoms with Crippen LogP contribution in [0.3, 0.4) is 0 Å². The first kappa shape index (κ1) is 14.0. The Morgan fingerprint density at radius 2 is 2.05 bits per heavy atom. The minimum atomic E-state index is -4.27. The maximum Gasteiger partial charge on any atom is 0.409 e. The van der Waals surface area contributed by atoms with E-state index >= 15 is 0 Å². The zero-order valence-electron chi connectivity index (χ0n) is 10.7. The molecule has 106 valence electrons. The van der Waals surface area contributed by atoms with Gasteiger partial charge in [0.05, 0.1) is 12.8 Å². The van der Waals surface area contributed by atoms with E-state index in [2.05, 4.69) is 5.32 Å². The number of hydrogen-bond donors (Lipinski definition) is 1. The molecule has 0 bridgehead atoms. The SMILES string of the molecule is COc1ccccc1N1CCCNCC1C(F)(F)F. The highest BCUT2D eigenvalue weighted by Crippen LogP contribution is 2.34. The van der Waals surface area contributed by atoms with Crippen LogP contribution in [-0.2, 0) is 0 Å². The molecule has 1 aromatic rings. The normalized spacial score (nSPS) is 21.1. The zero-order chi connectivity index (χ0) is 13.9. The summed E-state index contributed by atoms with van der Waals surface area (Å²) in [6.45, 7) is 0.858. The first-order valence-corrected chi connectivity index (χ1v) is 6.21. The molecule has 3 nitrogen and oxygen atoms in total. The van der Waals surface area contributed by atoms with Crippen molar-refractivity contribution in [2.24, 2.45) is 0 Å². The second kappa shape index (κ2) is 5.69. The molecule has 1 fully saturated rings. The van der Waals surface area contributed by atoms with Gasteiger partial charge in [0.15, 0.2) is 0 Å². The molecule has 0 radical (unpaired) electrons. The Balaban J connectivity index is 2.37. The quantitative estimate of drug-likeness (QED) is 0.896. The molecule has 6 heteroatoms. The van der Waals surface area contributed by atoms with Crippen LogP contribution in [0, 0.1) is 0 Å². The minimum Gasteiger partial charge on any atom is -0.495 e. The van der Waals surface area contributed by atoms with Crippen molar-refractivity contribution in [1.29, 1.82) is 0 Å². The number of nitrogens with one attached hydrogen (secondary N) is 1. The summed E-state index contributed by atoms with van der Waals surface area (Å²) >= 11 is 0. The summed E-state index contributed by atoms with van der Waals surface area (Å²) < 4.78 is 44.7. The third-order valence-electron chi connectivity index (χ3n) is 3.24. The molecule has 1 heterocycles. The molecule has 1 atom stereocenters. The minimum absolute atomic E-state index is 0.0957. The van der Waals surface area contributed by atoms with Crippen molar-refractivity contribution in [3.63, 3.8) is 0 Å². The average molecular weight is 274 g/mol. The first-order valence-electron chi connectivity index (χ1n) is 6.21. The first-order chi connectivity index (χ1) is 9.04. The summed E-state index contributed by atoms with van der Waals surface area (Å²) in [5.74, 6) is 0.471. The Hall–Kier alpha value is -1.43. The molecule has 0 aromatic heterocycles. The fraction of sp³-hybridized carbons (Fsp3) is 0.538. The number of para-hydroxylation sites is 2. The molecule has 19 heavy (non-hydrogen) atoms. The molecule has 2 rings (SSSR count). The third kappa shape index (κ3) is 3.12. The maximum atomic E-state index is 13.2. The molecule has 1 saturated heterocycles. The smallest absolute Gasteiger partial charge is 0.409 e. The van der Waals surface area contributed by atoms with Crippen molar-refractivity contribution in [1.82, 2.24) is 5.32 Å². The number of halogens is 3. The fourth-order valence-corrected chi connectivity index (χ4v) is 2.33. The molecule has 0 aliphatic carbocycles. The van der Waals surface area contributed by atoms with Crippen LogP contribution in [0.5, 0.6) is 5.75 Å². The van der Waals surface area contributed by atoms with Gasteiger partial charge in [0.2, 0.25) is 0 Å². The highest BCUT2D eigenvalue weighted by molar-refractivity contribution is 5.59. The van der Waals surface area contributed by atoms with Gasteiger partial charge in [-0.1, -0.05) is 12.1 Å². The van der Waals surface area contributed by atoms with Gasteiger partial charge < -0.3 is 15.0 Å². The Labute approximate surface area is 110 Å². The van der Waals surface area contributed by atoms with E-state index in [1.165, 1.54) is 12.0 Å². The number of ether oxygens (including phenoxy) is 1. The van der Waals surface area contributed by atoms with Gasteiger partial charge in [-0.3, -0.25) is 0 Å². The van der Waals surface area contributed by atoms with E-state index in [0.29, 0.717) is 30.9 Å². The van der Waals surface area contributed by atoms with Crippen molar-refractivity contribution in [3.05, 3.63) is 24.3 Å². The van der Waals surface area contributed by atoms with E-state index in [9.17, 15) is 13.2 Å². The van der Waals surface area contributed by atoms with Crippen molar-refractivity contribution >= 4 is 5.69 Å². The number of alkyl halides is 3. The number of benzene rings is 1. The summed E-state index contributed by atoms with van der Waals surface area (Å²) in [7, 11) is 1.47. The van der Waals surface area contributed by atoms with Gasteiger partial charge in [0.25, 0.3) is 0 Å². The van der Waals surface area contributed by atoms with E-state index in [4.69, 9.17) is 4.74 Å². The second-order valence-corrected chi connectivity index (χ2v) is 4.48. The van der Waals surface area contributed by atoms with Gasteiger partial charge >= 0.3 is 6.18 Å². The molecule has 1 N–H and O–H groups in total. The van der Waals surface area contributed by atoms with E-state index in [1.807, 2.05) is 0 Å². The van der Waals surface area contributed by atoms with Crippen molar-refractivity contribution < 1.29 is 17.9 Å². The van der Waals surface area contributed by atoms with E-state index in [0.717, 1.165) is 0 Å². The molecule has 0 saturated carbocycles. The van der Waals surface area contributed by atoms with Crippen molar-refractivity contribution in [2.75, 3.05) is 31.6 Å². The largest absolute Gasteiger partial charge is 0.495 e. The summed E-state index contributed by atoms with van der Waals surface area (Å²) in [5.41, 5.74) is 0.496. The van der Waals surface area contributed by atoms with E-state index in [1.54, 1.807) is 24.3 Å².